The van der Waals surface area contributed by atoms with Gasteiger partial charge in [0, 0.05) is 42.0 Å². The Morgan fingerprint density at radius 1 is 1.11 bits per heavy atom. The minimum Gasteiger partial charge on any atom is -0.406 e. The third-order valence-corrected chi connectivity index (χ3v) is 12.4. The lowest BCUT2D eigenvalue weighted by molar-refractivity contribution is -0.117. The van der Waals surface area contributed by atoms with Crippen LogP contribution in [0.2, 0.25) is 18.1 Å². The predicted octanol–water partition coefficient (Wildman–Crippen LogP) is 5.86. The molecule has 0 aromatic carbocycles. The van der Waals surface area contributed by atoms with Crippen molar-refractivity contribution < 1.29 is 13.6 Å². The summed E-state index contributed by atoms with van der Waals surface area (Å²) in [4.78, 5) is 34.5. The first-order valence-corrected chi connectivity index (χ1v) is 15.5. The summed E-state index contributed by atoms with van der Waals surface area (Å²) in [5.74, 6) is -0.701. The molecule has 1 fully saturated rings. The van der Waals surface area contributed by atoms with Gasteiger partial charge >= 0.3 is 0 Å². The molecule has 9 heteroatoms. The molecule has 1 aliphatic carbocycles. The average molecular weight is 525 g/mol. The lowest BCUT2D eigenvalue weighted by Gasteiger charge is -2.42. The molecule has 0 spiro atoms. The standard InChI is InChI=1S/C28H37FN4O3Si/c1-16-10-23(28(5,6)36-37(8,9)27(2,3)4)30-15-20(16)18-11-17-14-31-24(13-22(17)33(7)26(18)35)32-25(34)19-12-21(19)29/h10-11,13-15,19,21H,12H2,1-9H3,(H,31,32,34). The maximum Gasteiger partial charge on any atom is 0.258 e. The van der Waals surface area contributed by atoms with E-state index in [2.05, 4.69) is 44.2 Å². The van der Waals surface area contributed by atoms with Crippen molar-refractivity contribution in [2.24, 2.45) is 13.0 Å². The largest absolute Gasteiger partial charge is 0.406 e. The summed E-state index contributed by atoms with van der Waals surface area (Å²) in [6, 6.07) is 5.44. The van der Waals surface area contributed by atoms with Gasteiger partial charge in [0.15, 0.2) is 8.32 Å². The van der Waals surface area contributed by atoms with Gasteiger partial charge in [-0.3, -0.25) is 14.6 Å². The molecule has 4 rings (SSSR count). The third kappa shape index (κ3) is 5.24. The van der Waals surface area contributed by atoms with Crippen molar-refractivity contribution in [3.63, 3.8) is 0 Å². The predicted molar refractivity (Wildman–Crippen MR) is 148 cm³/mol. The van der Waals surface area contributed by atoms with Gasteiger partial charge in [-0.1, -0.05) is 20.8 Å². The number of nitrogens with one attached hydrogen (secondary N) is 1. The maximum absolute atomic E-state index is 13.4. The fraction of sp³-hybridized carbons (Fsp3) is 0.500. The molecule has 0 saturated heterocycles. The number of hydrogen-bond donors (Lipinski definition) is 1. The first-order valence-electron chi connectivity index (χ1n) is 12.6. The first-order chi connectivity index (χ1) is 17.0. The molecule has 37 heavy (non-hydrogen) atoms. The smallest absolute Gasteiger partial charge is 0.258 e. The van der Waals surface area contributed by atoms with Gasteiger partial charge in [0.25, 0.3) is 5.56 Å². The lowest BCUT2D eigenvalue weighted by Crippen LogP contribution is -2.46. The topological polar surface area (TPSA) is 86.1 Å². The normalized spacial score (nSPS) is 18.2. The van der Waals surface area contributed by atoms with Crippen LogP contribution >= 0.6 is 0 Å². The molecule has 2 unspecified atom stereocenters. The molecule has 1 N–H and O–H groups in total. The van der Waals surface area contributed by atoms with E-state index < -0.39 is 26.0 Å². The average Bonchev–Trinajstić information content (AvgIpc) is 3.52. The molecule has 1 saturated carbocycles. The van der Waals surface area contributed by atoms with Crippen molar-refractivity contribution in [3.05, 3.63) is 52.2 Å². The Hall–Kier alpha value is -2.91. The van der Waals surface area contributed by atoms with Gasteiger partial charge in [-0.05, 0) is 63.0 Å². The van der Waals surface area contributed by atoms with Crippen molar-refractivity contribution >= 4 is 30.9 Å². The van der Waals surface area contributed by atoms with Gasteiger partial charge in [-0.15, -0.1) is 0 Å². The number of carbonyl (C=O) groups excluding carboxylic acids is 1. The second kappa shape index (κ2) is 9.13. The highest BCUT2D eigenvalue weighted by atomic mass is 28.4. The zero-order valence-electron chi connectivity index (χ0n) is 23.2. The number of aryl methyl sites for hydroxylation is 2. The van der Waals surface area contributed by atoms with Crippen LogP contribution < -0.4 is 10.9 Å². The van der Waals surface area contributed by atoms with E-state index in [9.17, 15) is 14.0 Å². The van der Waals surface area contributed by atoms with Crippen LogP contribution in [0.3, 0.4) is 0 Å². The number of hydrogen-bond acceptors (Lipinski definition) is 5. The highest BCUT2D eigenvalue weighted by Crippen LogP contribution is 2.41. The van der Waals surface area contributed by atoms with Crippen molar-refractivity contribution in [1.82, 2.24) is 14.5 Å². The van der Waals surface area contributed by atoms with Crippen LogP contribution in [0.4, 0.5) is 10.2 Å². The number of amides is 1. The van der Waals surface area contributed by atoms with E-state index >= 15 is 0 Å². The number of rotatable bonds is 6. The second-order valence-electron chi connectivity index (χ2n) is 12.2. The molecular weight excluding hydrogens is 487 g/mol. The maximum atomic E-state index is 13.4. The zero-order chi connectivity index (χ0) is 27.5. The van der Waals surface area contributed by atoms with Crippen LogP contribution in [0, 0.1) is 12.8 Å². The van der Waals surface area contributed by atoms with E-state index in [-0.39, 0.29) is 22.9 Å². The monoisotopic (exact) mass is 524 g/mol. The number of carbonyl (C=O) groups is 1. The Morgan fingerprint density at radius 3 is 2.32 bits per heavy atom. The van der Waals surface area contributed by atoms with Crippen LogP contribution in [0.5, 0.6) is 0 Å². The number of halogens is 1. The highest BCUT2D eigenvalue weighted by molar-refractivity contribution is 6.74. The van der Waals surface area contributed by atoms with Gasteiger partial charge in [-0.2, -0.15) is 0 Å². The van der Waals surface area contributed by atoms with Crippen LogP contribution in [0.25, 0.3) is 22.0 Å². The van der Waals surface area contributed by atoms with Crippen LogP contribution in [-0.4, -0.2) is 34.9 Å². The van der Waals surface area contributed by atoms with E-state index in [1.807, 2.05) is 26.8 Å². The summed E-state index contributed by atoms with van der Waals surface area (Å²) in [5.41, 5.74) is 2.88. The third-order valence-electron chi connectivity index (χ3n) is 7.74. The van der Waals surface area contributed by atoms with Gasteiger partial charge < -0.3 is 14.3 Å². The van der Waals surface area contributed by atoms with Crippen LogP contribution in [0.1, 0.15) is 52.3 Å². The molecule has 3 aromatic rings. The molecular formula is C28H37FN4O3Si. The molecule has 1 amide bonds. The van der Waals surface area contributed by atoms with Crippen molar-refractivity contribution in [1.29, 1.82) is 0 Å². The molecule has 0 radical (unpaired) electrons. The Morgan fingerprint density at radius 2 is 1.76 bits per heavy atom. The molecule has 198 valence electrons. The number of nitrogens with zero attached hydrogens (tertiary/aromatic N) is 3. The highest BCUT2D eigenvalue weighted by Gasteiger charge is 2.44. The summed E-state index contributed by atoms with van der Waals surface area (Å²) in [6.07, 6.45) is 2.52. The van der Waals surface area contributed by atoms with Crippen molar-refractivity contribution in [3.8, 4) is 11.1 Å². The molecule has 2 atom stereocenters. The van der Waals surface area contributed by atoms with E-state index in [0.717, 1.165) is 22.2 Å². The number of alkyl halides is 1. The van der Waals surface area contributed by atoms with Gasteiger partial charge in [-0.25, -0.2) is 9.37 Å². The first kappa shape index (κ1) is 27.1. The summed E-state index contributed by atoms with van der Waals surface area (Å²) in [6.45, 7) is 17.2. The quantitative estimate of drug-likeness (QED) is 0.408. The fourth-order valence-electron chi connectivity index (χ4n) is 4.29. The lowest BCUT2D eigenvalue weighted by atomic mass is 9.98. The zero-order valence-corrected chi connectivity index (χ0v) is 24.2. The Labute approximate surface area is 218 Å². The molecule has 3 heterocycles. The van der Waals surface area contributed by atoms with Crippen LogP contribution in [-0.2, 0) is 21.9 Å². The van der Waals surface area contributed by atoms with Crippen molar-refractivity contribution in [2.45, 2.75) is 77.9 Å². The van der Waals surface area contributed by atoms with Gasteiger partial charge in [0.2, 0.25) is 5.91 Å². The Balaban J connectivity index is 1.67. The number of aromatic nitrogens is 3. The summed E-state index contributed by atoms with van der Waals surface area (Å²) in [7, 11) is -0.345. The van der Waals surface area contributed by atoms with E-state index in [4.69, 9.17) is 9.41 Å². The number of fused-ring (bicyclic) bond motifs is 1. The summed E-state index contributed by atoms with van der Waals surface area (Å²) in [5, 5.41) is 3.47. The van der Waals surface area contributed by atoms with E-state index in [1.165, 1.54) is 4.57 Å². The van der Waals surface area contributed by atoms with E-state index in [0.29, 0.717) is 16.9 Å². The fourth-order valence-corrected chi connectivity index (χ4v) is 5.98. The number of pyridine rings is 3. The molecule has 7 nitrogen and oxygen atoms in total. The van der Waals surface area contributed by atoms with Gasteiger partial charge in [0.05, 0.1) is 22.7 Å². The molecule has 1 aliphatic rings. The summed E-state index contributed by atoms with van der Waals surface area (Å²) >= 11 is 0. The minimum absolute atomic E-state index is 0.0703. The van der Waals surface area contributed by atoms with Gasteiger partial charge in [0.1, 0.15) is 12.0 Å². The van der Waals surface area contributed by atoms with E-state index in [1.54, 1.807) is 31.6 Å². The number of anilines is 1. The van der Waals surface area contributed by atoms with Crippen molar-refractivity contribution in [2.75, 3.05) is 5.32 Å². The minimum atomic E-state index is -2.03. The molecule has 0 bridgehead atoms. The molecule has 0 aliphatic heterocycles. The summed E-state index contributed by atoms with van der Waals surface area (Å²) < 4.78 is 21.4. The Kier molecular flexibility index (Phi) is 6.69. The molecule has 3 aromatic heterocycles. The second-order valence-corrected chi connectivity index (χ2v) is 16.9. The van der Waals surface area contributed by atoms with Crippen LogP contribution in [0.15, 0.2) is 35.4 Å². The Bertz CT molecular complexity index is 1440. The SMILES string of the molecule is Cc1cc(C(C)(C)O[Si](C)(C)C(C)(C)C)ncc1-c1cc2cnc(NC(=O)C3CC3F)cc2n(C)c1=O.